The summed E-state index contributed by atoms with van der Waals surface area (Å²) in [6.45, 7) is 3.34. The number of piperazine rings is 1. The Morgan fingerprint density at radius 1 is 0.871 bits per heavy atom. The summed E-state index contributed by atoms with van der Waals surface area (Å²) in [5.74, 6) is 2.40. The Labute approximate surface area is 183 Å². The van der Waals surface area contributed by atoms with Gasteiger partial charge in [-0.2, -0.15) is 0 Å². The van der Waals surface area contributed by atoms with E-state index in [1.807, 2.05) is 77.7 Å². The Kier molecular flexibility index (Phi) is 6.57. The van der Waals surface area contributed by atoms with Gasteiger partial charge in [0.2, 0.25) is 0 Å². The third-order valence-corrected chi connectivity index (χ3v) is 5.31. The average Bonchev–Trinajstić information content (AvgIpc) is 2.83. The van der Waals surface area contributed by atoms with E-state index in [-0.39, 0.29) is 6.03 Å². The molecule has 0 atom stereocenters. The lowest BCUT2D eigenvalue weighted by atomic mass is 10.2. The summed E-state index contributed by atoms with van der Waals surface area (Å²) >= 11 is 0. The summed E-state index contributed by atoms with van der Waals surface area (Å²) in [4.78, 5) is 16.8. The number of anilines is 1. The molecule has 4 rings (SSSR count). The molecular formula is C25H27N3O3. The Morgan fingerprint density at radius 2 is 1.58 bits per heavy atom. The number of carbonyl (C=O) groups is 1. The normalized spacial score (nSPS) is 13.6. The molecule has 6 nitrogen and oxygen atoms in total. The topological polar surface area (TPSA) is 54.0 Å². The molecular weight excluding hydrogens is 390 g/mol. The number of benzene rings is 3. The summed E-state index contributed by atoms with van der Waals surface area (Å²) in [5, 5.41) is 3.03. The molecule has 0 spiro atoms. The minimum absolute atomic E-state index is 0.0472. The third kappa shape index (κ3) is 5.28. The lowest BCUT2D eigenvalue weighted by Gasteiger charge is -2.36. The van der Waals surface area contributed by atoms with Gasteiger partial charge in [-0.1, -0.05) is 42.5 Å². The van der Waals surface area contributed by atoms with Crippen LogP contribution in [0, 0.1) is 0 Å². The van der Waals surface area contributed by atoms with E-state index in [0.717, 1.165) is 41.6 Å². The molecule has 0 saturated carbocycles. The highest BCUT2D eigenvalue weighted by Gasteiger charge is 2.22. The van der Waals surface area contributed by atoms with Gasteiger partial charge in [0.1, 0.15) is 17.2 Å². The van der Waals surface area contributed by atoms with Gasteiger partial charge in [-0.25, -0.2) is 4.79 Å². The van der Waals surface area contributed by atoms with Crippen molar-refractivity contribution in [2.24, 2.45) is 0 Å². The molecule has 1 saturated heterocycles. The lowest BCUT2D eigenvalue weighted by Crippen LogP contribution is -2.51. The van der Waals surface area contributed by atoms with Crippen LogP contribution in [0.25, 0.3) is 0 Å². The fraction of sp³-hybridized carbons (Fsp3) is 0.240. The number of hydrogen-bond donors (Lipinski definition) is 1. The molecule has 0 unspecified atom stereocenters. The minimum Gasteiger partial charge on any atom is -0.495 e. The first-order valence-corrected chi connectivity index (χ1v) is 10.5. The second-order valence-corrected chi connectivity index (χ2v) is 7.37. The van der Waals surface area contributed by atoms with Crippen molar-refractivity contribution in [3.63, 3.8) is 0 Å². The molecule has 2 amide bonds. The SMILES string of the molecule is COc1ccccc1N1CCN(C(=O)NCc2cccc(Oc3ccccc3)c2)CC1. The zero-order chi connectivity index (χ0) is 21.5. The molecule has 1 aliphatic heterocycles. The zero-order valence-electron chi connectivity index (χ0n) is 17.7. The van der Waals surface area contributed by atoms with Crippen LogP contribution in [-0.4, -0.2) is 44.2 Å². The molecule has 1 fully saturated rings. The van der Waals surface area contributed by atoms with Crippen LogP contribution < -0.4 is 19.7 Å². The number of rotatable bonds is 6. The molecule has 0 bridgehead atoms. The molecule has 0 aliphatic carbocycles. The molecule has 31 heavy (non-hydrogen) atoms. The summed E-state index contributed by atoms with van der Waals surface area (Å²) in [5.41, 5.74) is 2.06. The van der Waals surface area contributed by atoms with Gasteiger partial charge in [-0.05, 0) is 42.0 Å². The Hall–Kier alpha value is -3.67. The van der Waals surface area contributed by atoms with Crippen LogP contribution in [0.15, 0.2) is 78.9 Å². The maximum absolute atomic E-state index is 12.7. The second kappa shape index (κ2) is 9.89. The first-order chi connectivity index (χ1) is 15.2. The highest BCUT2D eigenvalue weighted by Crippen LogP contribution is 2.28. The number of amides is 2. The first-order valence-electron chi connectivity index (χ1n) is 10.5. The smallest absolute Gasteiger partial charge is 0.317 e. The van der Waals surface area contributed by atoms with Crippen molar-refractivity contribution in [3.05, 3.63) is 84.4 Å². The number of hydrogen-bond acceptors (Lipinski definition) is 4. The number of carbonyl (C=O) groups excluding carboxylic acids is 1. The highest BCUT2D eigenvalue weighted by atomic mass is 16.5. The Bertz CT molecular complexity index is 1000. The first kappa shape index (κ1) is 20.6. The van der Waals surface area contributed by atoms with Crippen molar-refractivity contribution in [2.75, 3.05) is 38.2 Å². The van der Waals surface area contributed by atoms with Crippen LogP contribution in [0.4, 0.5) is 10.5 Å². The Balaban J connectivity index is 1.28. The molecule has 1 heterocycles. The number of ether oxygens (including phenoxy) is 2. The molecule has 3 aromatic rings. The van der Waals surface area contributed by atoms with Crippen LogP contribution in [0.2, 0.25) is 0 Å². The number of para-hydroxylation sites is 3. The van der Waals surface area contributed by atoms with E-state index in [1.54, 1.807) is 7.11 Å². The molecule has 1 aliphatic rings. The third-order valence-electron chi connectivity index (χ3n) is 5.31. The van der Waals surface area contributed by atoms with Crippen LogP contribution in [-0.2, 0) is 6.54 Å². The summed E-state index contributed by atoms with van der Waals surface area (Å²) in [6, 6.07) is 25.4. The van der Waals surface area contributed by atoms with Gasteiger partial charge in [0.15, 0.2) is 0 Å². The van der Waals surface area contributed by atoms with Crippen LogP contribution in [0.3, 0.4) is 0 Å². The van der Waals surface area contributed by atoms with Crippen LogP contribution in [0.5, 0.6) is 17.2 Å². The molecule has 3 aromatic carbocycles. The molecule has 0 radical (unpaired) electrons. The van der Waals surface area contributed by atoms with E-state index in [0.29, 0.717) is 19.6 Å². The lowest BCUT2D eigenvalue weighted by molar-refractivity contribution is 0.194. The van der Waals surface area contributed by atoms with Gasteiger partial charge in [0, 0.05) is 32.7 Å². The monoisotopic (exact) mass is 417 g/mol. The average molecular weight is 418 g/mol. The minimum atomic E-state index is -0.0472. The van der Waals surface area contributed by atoms with Crippen molar-refractivity contribution >= 4 is 11.7 Å². The maximum Gasteiger partial charge on any atom is 0.317 e. The predicted molar refractivity (Wildman–Crippen MR) is 122 cm³/mol. The van der Waals surface area contributed by atoms with Gasteiger partial charge in [0.05, 0.1) is 12.8 Å². The van der Waals surface area contributed by atoms with Gasteiger partial charge in [0.25, 0.3) is 0 Å². The van der Waals surface area contributed by atoms with Gasteiger partial charge >= 0.3 is 6.03 Å². The molecule has 0 aromatic heterocycles. The summed E-state index contributed by atoms with van der Waals surface area (Å²) in [6.07, 6.45) is 0. The predicted octanol–water partition coefficient (Wildman–Crippen LogP) is 4.52. The van der Waals surface area contributed by atoms with E-state index < -0.39 is 0 Å². The van der Waals surface area contributed by atoms with Crippen molar-refractivity contribution in [1.82, 2.24) is 10.2 Å². The van der Waals surface area contributed by atoms with Crippen molar-refractivity contribution in [1.29, 1.82) is 0 Å². The molecule has 160 valence electrons. The van der Waals surface area contributed by atoms with E-state index in [1.165, 1.54) is 0 Å². The van der Waals surface area contributed by atoms with Gasteiger partial charge < -0.3 is 24.6 Å². The molecule has 1 N–H and O–H groups in total. The fourth-order valence-corrected chi connectivity index (χ4v) is 3.67. The van der Waals surface area contributed by atoms with E-state index in [4.69, 9.17) is 9.47 Å². The number of nitrogens with one attached hydrogen (secondary N) is 1. The second-order valence-electron chi connectivity index (χ2n) is 7.37. The van der Waals surface area contributed by atoms with Crippen LogP contribution >= 0.6 is 0 Å². The number of nitrogens with zero attached hydrogens (tertiary/aromatic N) is 2. The molecule has 6 heteroatoms. The largest absolute Gasteiger partial charge is 0.495 e. The van der Waals surface area contributed by atoms with E-state index in [2.05, 4.69) is 16.3 Å². The fourth-order valence-electron chi connectivity index (χ4n) is 3.67. The number of urea groups is 1. The van der Waals surface area contributed by atoms with E-state index in [9.17, 15) is 4.79 Å². The zero-order valence-corrected chi connectivity index (χ0v) is 17.7. The summed E-state index contributed by atoms with van der Waals surface area (Å²) in [7, 11) is 1.68. The van der Waals surface area contributed by atoms with Gasteiger partial charge in [-0.15, -0.1) is 0 Å². The van der Waals surface area contributed by atoms with Gasteiger partial charge in [-0.3, -0.25) is 0 Å². The van der Waals surface area contributed by atoms with Crippen molar-refractivity contribution in [2.45, 2.75) is 6.54 Å². The maximum atomic E-state index is 12.7. The van der Waals surface area contributed by atoms with Crippen molar-refractivity contribution in [3.8, 4) is 17.2 Å². The Morgan fingerprint density at radius 3 is 2.35 bits per heavy atom. The summed E-state index contributed by atoms with van der Waals surface area (Å²) < 4.78 is 11.3. The standard InChI is InChI=1S/C25H27N3O3/c1-30-24-13-6-5-12-23(24)27-14-16-28(17-15-27)25(29)26-19-20-8-7-11-22(18-20)31-21-9-3-2-4-10-21/h2-13,18H,14-17,19H2,1H3,(H,26,29). The van der Waals surface area contributed by atoms with Crippen LogP contribution in [0.1, 0.15) is 5.56 Å². The van der Waals surface area contributed by atoms with Crippen molar-refractivity contribution < 1.29 is 14.3 Å². The quantitative estimate of drug-likeness (QED) is 0.641. The van der Waals surface area contributed by atoms with E-state index >= 15 is 0 Å². The highest BCUT2D eigenvalue weighted by molar-refractivity contribution is 5.74. The number of methoxy groups -OCH3 is 1.